The van der Waals surface area contributed by atoms with E-state index in [4.69, 9.17) is 9.97 Å². The lowest BCUT2D eigenvalue weighted by Crippen LogP contribution is -2.45. The Kier molecular flexibility index (Phi) is 10.3. The van der Waals surface area contributed by atoms with Crippen LogP contribution in [0.1, 0.15) is 124 Å². The molecule has 64 heavy (non-hydrogen) atoms. The van der Waals surface area contributed by atoms with Crippen molar-refractivity contribution < 1.29 is 9.59 Å². The highest BCUT2D eigenvalue weighted by molar-refractivity contribution is 5.85. The van der Waals surface area contributed by atoms with Crippen LogP contribution >= 0.6 is 0 Å². The van der Waals surface area contributed by atoms with E-state index in [1.165, 1.54) is 51.4 Å². The van der Waals surface area contributed by atoms with Crippen molar-refractivity contribution in [3.63, 3.8) is 0 Å². The molecule has 6 aromatic rings. The van der Waals surface area contributed by atoms with Gasteiger partial charge in [-0.15, -0.1) is 0 Å². The van der Waals surface area contributed by atoms with Crippen LogP contribution in [0.5, 0.6) is 0 Å². The third-order valence-electron chi connectivity index (χ3n) is 15.9. The number of carbonyl (C=O) groups excluding carboxylic acids is 2. The number of aromatic nitrogens is 4. The highest BCUT2D eigenvalue weighted by Crippen LogP contribution is 2.47. The zero-order valence-electron chi connectivity index (χ0n) is 36.6. The average molecular weight is 851 g/mol. The molecule has 12 rings (SSSR count). The van der Waals surface area contributed by atoms with Crippen molar-refractivity contribution in [3.8, 4) is 33.6 Å². The average Bonchev–Trinajstić information content (AvgIpc) is 4.21. The molecule has 8 heterocycles. The number of aromatic amines is 2. The van der Waals surface area contributed by atoms with E-state index >= 15 is 0 Å². The van der Waals surface area contributed by atoms with Crippen LogP contribution in [0, 0.1) is 0 Å². The molecule has 6 aliphatic heterocycles. The number of likely N-dealkylation sites (tertiary alicyclic amines) is 2. The molecule has 0 saturated carbocycles. The second-order valence-electron chi connectivity index (χ2n) is 19.3. The summed E-state index contributed by atoms with van der Waals surface area (Å²) in [6, 6.07) is 39.6. The predicted molar refractivity (Wildman–Crippen MR) is 249 cm³/mol. The number of imidazole rings is 2. The predicted octanol–water partition coefficient (Wildman–Crippen LogP) is 10.2. The Morgan fingerprint density at radius 1 is 0.453 bits per heavy atom. The van der Waals surface area contributed by atoms with Gasteiger partial charge in [-0.25, -0.2) is 9.97 Å². The van der Waals surface area contributed by atoms with Gasteiger partial charge >= 0.3 is 0 Å². The molecule has 4 atom stereocenters. The summed E-state index contributed by atoms with van der Waals surface area (Å²) >= 11 is 0. The number of carbonyl (C=O) groups is 2. The third kappa shape index (κ3) is 7.01. The fourth-order valence-electron chi connectivity index (χ4n) is 12.8. The van der Waals surface area contributed by atoms with Gasteiger partial charge in [0.25, 0.3) is 0 Å². The van der Waals surface area contributed by atoms with Crippen molar-refractivity contribution in [1.82, 2.24) is 39.5 Å². The Balaban J connectivity index is 0.722. The van der Waals surface area contributed by atoms with Gasteiger partial charge in [-0.05, 0) is 110 Å². The summed E-state index contributed by atoms with van der Waals surface area (Å²) in [5.74, 6) is 2.18. The Bertz CT molecular complexity index is 2390. The largest absolute Gasteiger partial charge is 0.340 e. The number of hydrogen-bond acceptors (Lipinski definition) is 6. The number of nitrogens with zero attached hydrogens (tertiary/aromatic N) is 6. The van der Waals surface area contributed by atoms with Crippen LogP contribution < -0.4 is 0 Å². The summed E-state index contributed by atoms with van der Waals surface area (Å²) in [5, 5.41) is 0. The molecule has 6 saturated heterocycles. The molecule has 6 fully saturated rings. The lowest BCUT2D eigenvalue weighted by Gasteiger charge is -2.35. The molecule has 0 spiro atoms. The SMILES string of the molecule is O=C(C(c1ccccc1)N1C2CCC1CC2)N1CCCC1c1ncc(-c2ccc(-c3ccc(-c4cnc(C5CCCN5C(=O)C(c5ccccc5)N5C6CCC5CC6)[nH]4)cc3)cc2)[nH]1. The molecule has 10 heteroatoms. The molecule has 4 aromatic carbocycles. The van der Waals surface area contributed by atoms with Crippen LogP contribution in [0.4, 0.5) is 0 Å². The van der Waals surface area contributed by atoms with Gasteiger partial charge in [0.2, 0.25) is 11.8 Å². The van der Waals surface area contributed by atoms with Crippen LogP contribution in [0.2, 0.25) is 0 Å². The molecule has 4 unspecified atom stereocenters. The van der Waals surface area contributed by atoms with Gasteiger partial charge in [0.1, 0.15) is 23.7 Å². The quantitative estimate of drug-likeness (QED) is 0.135. The van der Waals surface area contributed by atoms with E-state index in [1.54, 1.807) is 0 Å². The van der Waals surface area contributed by atoms with Crippen LogP contribution in [-0.2, 0) is 9.59 Å². The standard InChI is InChI=1S/C54H58N8O2/c63-53(49(39-9-3-1-4-10-39)61-41-23-24-42(61)26-25-41)59-31-7-13-47(59)51-55-33-45(57-51)37-19-15-35(16-20-37)36-17-21-38(22-18-36)46-34-56-52(58-46)48-14-8-32-60(48)54(64)50(40-11-5-2-6-12-40)62-43-27-28-44(62)30-29-43/h1-6,9-12,15-22,33-34,41-44,47-50H,7-8,13-14,23-32H2,(H,55,57)(H,56,58). The summed E-state index contributed by atoms with van der Waals surface area (Å²) in [4.78, 5) is 55.6. The maximum absolute atomic E-state index is 14.6. The van der Waals surface area contributed by atoms with Crippen molar-refractivity contribution in [1.29, 1.82) is 0 Å². The number of hydrogen-bond donors (Lipinski definition) is 2. The molecular weight excluding hydrogens is 793 g/mol. The molecule has 4 bridgehead atoms. The summed E-state index contributed by atoms with van der Waals surface area (Å²) in [6.45, 7) is 1.52. The molecule has 0 aliphatic carbocycles. The van der Waals surface area contributed by atoms with E-state index in [0.29, 0.717) is 24.2 Å². The van der Waals surface area contributed by atoms with Crippen LogP contribution in [0.3, 0.4) is 0 Å². The molecule has 2 amide bonds. The first kappa shape index (κ1) is 39.7. The lowest BCUT2D eigenvalue weighted by atomic mass is 10.0. The number of rotatable bonds is 11. The Morgan fingerprint density at radius 2 is 0.797 bits per heavy atom. The first-order valence-corrected chi connectivity index (χ1v) is 24.1. The summed E-state index contributed by atoms with van der Waals surface area (Å²) in [5.41, 5.74) is 8.55. The van der Waals surface area contributed by atoms with Gasteiger partial charge in [0, 0.05) is 37.3 Å². The van der Waals surface area contributed by atoms with Crippen molar-refractivity contribution in [2.45, 2.75) is 125 Å². The zero-order valence-corrected chi connectivity index (χ0v) is 36.6. The normalized spacial score (nSPS) is 26.3. The van der Waals surface area contributed by atoms with E-state index in [0.717, 1.165) is 95.2 Å². The minimum Gasteiger partial charge on any atom is -0.340 e. The smallest absolute Gasteiger partial charge is 0.245 e. The Hall–Kier alpha value is -5.84. The van der Waals surface area contributed by atoms with E-state index in [1.807, 2.05) is 24.5 Å². The van der Waals surface area contributed by atoms with Crippen molar-refractivity contribution in [2.24, 2.45) is 0 Å². The van der Waals surface area contributed by atoms with Crippen LogP contribution in [0.25, 0.3) is 33.6 Å². The van der Waals surface area contributed by atoms with E-state index in [-0.39, 0.29) is 36.0 Å². The second-order valence-corrected chi connectivity index (χ2v) is 19.3. The lowest BCUT2D eigenvalue weighted by molar-refractivity contribution is -0.139. The maximum atomic E-state index is 14.6. The Morgan fingerprint density at radius 3 is 1.16 bits per heavy atom. The van der Waals surface area contributed by atoms with Gasteiger partial charge in [-0.2, -0.15) is 0 Å². The number of amides is 2. The van der Waals surface area contributed by atoms with Gasteiger partial charge in [-0.1, -0.05) is 109 Å². The summed E-state index contributed by atoms with van der Waals surface area (Å²) in [7, 11) is 0. The fourth-order valence-corrected chi connectivity index (χ4v) is 12.8. The van der Waals surface area contributed by atoms with Gasteiger partial charge in [0.05, 0.1) is 35.9 Å². The Labute approximate surface area is 376 Å². The minimum atomic E-state index is -0.233. The third-order valence-corrected chi connectivity index (χ3v) is 15.9. The zero-order chi connectivity index (χ0) is 42.7. The topological polar surface area (TPSA) is 104 Å². The molecule has 6 aliphatic rings. The van der Waals surface area contributed by atoms with Gasteiger partial charge in [-0.3, -0.25) is 19.4 Å². The highest BCUT2D eigenvalue weighted by atomic mass is 16.2. The van der Waals surface area contributed by atoms with E-state index in [9.17, 15) is 9.59 Å². The van der Waals surface area contributed by atoms with E-state index in [2.05, 4.69) is 127 Å². The van der Waals surface area contributed by atoms with Crippen molar-refractivity contribution in [3.05, 3.63) is 144 Å². The van der Waals surface area contributed by atoms with E-state index < -0.39 is 0 Å². The van der Waals surface area contributed by atoms with Crippen LogP contribution in [0.15, 0.2) is 122 Å². The summed E-state index contributed by atoms with van der Waals surface area (Å²) in [6.07, 6.45) is 17.2. The number of fused-ring (bicyclic) bond motifs is 4. The van der Waals surface area contributed by atoms with Crippen LogP contribution in [-0.4, -0.2) is 88.6 Å². The number of H-pyrrole nitrogens is 2. The molecule has 326 valence electrons. The molecule has 2 N–H and O–H groups in total. The van der Waals surface area contributed by atoms with Crippen molar-refractivity contribution in [2.75, 3.05) is 13.1 Å². The first-order chi connectivity index (χ1) is 31.6. The van der Waals surface area contributed by atoms with Crippen molar-refractivity contribution >= 4 is 11.8 Å². The minimum absolute atomic E-state index is 0.0575. The maximum Gasteiger partial charge on any atom is 0.245 e. The monoisotopic (exact) mass is 850 g/mol. The molecule has 0 radical (unpaired) electrons. The number of benzene rings is 4. The fraction of sp³-hybridized carbons (Fsp3) is 0.407. The van der Waals surface area contributed by atoms with Gasteiger partial charge < -0.3 is 19.8 Å². The second kappa shape index (κ2) is 16.6. The highest BCUT2D eigenvalue weighted by Gasteiger charge is 2.50. The molecule has 2 aromatic heterocycles. The summed E-state index contributed by atoms with van der Waals surface area (Å²) < 4.78 is 0. The van der Waals surface area contributed by atoms with Gasteiger partial charge in [0.15, 0.2) is 0 Å². The number of nitrogens with one attached hydrogen (secondary N) is 2. The molecular formula is C54H58N8O2. The first-order valence-electron chi connectivity index (χ1n) is 24.1. The molecule has 10 nitrogen and oxygen atoms in total.